The average Bonchev–Trinajstić information content (AvgIpc) is 2.79. The highest BCUT2D eigenvalue weighted by atomic mass is 16.6. The standard InChI is InChI=1S/C23H28N4O6/c1-23(2,3)33-22(31)25-14-19(28)24-13-18(21(30)27-32)26-20(29)17-11-9-16(10-12-17)15-7-5-4-6-8-15/h4-12,18,32H,13-14H2,1-3H3,(H,24,28)(H,25,31)(H,26,29)(H,27,30)/t18-/m0/s1. The third-order valence-electron chi connectivity index (χ3n) is 4.28. The van der Waals surface area contributed by atoms with Crippen LogP contribution < -0.4 is 21.4 Å². The Bertz CT molecular complexity index is 971. The number of hydrogen-bond acceptors (Lipinski definition) is 6. The Labute approximate surface area is 191 Å². The molecule has 0 bridgehead atoms. The van der Waals surface area contributed by atoms with Gasteiger partial charge < -0.3 is 20.7 Å². The van der Waals surface area contributed by atoms with E-state index in [1.165, 1.54) is 5.48 Å². The van der Waals surface area contributed by atoms with Gasteiger partial charge in [-0.2, -0.15) is 0 Å². The molecule has 2 rings (SSSR count). The Morgan fingerprint density at radius 2 is 1.52 bits per heavy atom. The topological polar surface area (TPSA) is 146 Å². The van der Waals surface area contributed by atoms with Crippen molar-refractivity contribution in [1.29, 1.82) is 0 Å². The van der Waals surface area contributed by atoms with Crippen LogP contribution >= 0.6 is 0 Å². The van der Waals surface area contributed by atoms with E-state index < -0.39 is 42.0 Å². The fourth-order valence-electron chi connectivity index (χ4n) is 2.72. The van der Waals surface area contributed by atoms with E-state index in [2.05, 4.69) is 16.0 Å². The summed E-state index contributed by atoms with van der Waals surface area (Å²) in [6.07, 6.45) is -0.769. The van der Waals surface area contributed by atoms with E-state index in [1.54, 1.807) is 45.0 Å². The predicted molar refractivity (Wildman–Crippen MR) is 120 cm³/mol. The van der Waals surface area contributed by atoms with E-state index in [0.29, 0.717) is 5.56 Å². The van der Waals surface area contributed by atoms with Crippen molar-refractivity contribution in [2.24, 2.45) is 0 Å². The van der Waals surface area contributed by atoms with Gasteiger partial charge in [0.2, 0.25) is 5.91 Å². The molecule has 0 saturated carbocycles. The third-order valence-corrected chi connectivity index (χ3v) is 4.28. The minimum absolute atomic E-state index is 0.295. The van der Waals surface area contributed by atoms with E-state index in [9.17, 15) is 19.2 Å². The Morgan fingerprint density at radius 3 is 2.09 bits per heavy atom. The van der Waals surface area contributed by atoms with Gasteiger partial charge >= 0.3 is 6.09 Å². The van der Waals surface area contributed by atoms with Crippen molar-refractivity contribution in [3.63, 3.8) is 0 Å². The fourth-order valence-corrected chi connectivity index (χ4v) is 2.72. The van der Waals surface area contributed by atoms with E-state index in [1.807, 2.05) is 30.3 Å². The molecular formula is C23H28N4O6. The summed E-state index contributed by atoms with van der Waals surface area (Å²) in [5.41, 5.74) is 2.95. The van der Waals surface area contributed by atoms with Gasteiger partial charge in [-0.1, -0.05) is 42.5 Å². The molecule has 2 aromatic carbocycles. The highest BCUT2D eigenvalue weighted by molar-refractivity contribution is 5.98. The molecule has 0 unspecified atom stereocenters. The zero-order valence-electron chi connectivity index (χ0n) is 18.7. The minimum Gasteiger partial charge on any atom is -0.444 e. The van der Waals surface area contributed by atoms with Gasteiger partial charge in [0.25, 0.3) is 11.8 Å². The molecule has 0 heterocycles. The molecule has 0 radical (unpaired) electrons. The number of hydrogen-bond donors (Lipinski definition) is 5. The average molecular weight is 456 g/mol. The van der Waals surface area contributed by atoms with Gasteiger partial charge in [0.1, 0.15) is 11.6 Å². The number of nitrogens with one attached hydrogen (secondary N) is 4. The highest BCUT2D eigenvalue weighted by Gasteiger charge is 2.22. The van der Waals surface area contributed by atoms with E-state index in [4.69, 9.17) is 9.94 Å². The Kier molecular flexibility index (Phi) is 8.93. The maximum absolute atomic E-state index is 12.6. The van der Waals surface area contributed by atoms with Gasteiger partial charge in [-0.05, 0) is 44.0 Å². The van der Waals surface area contributed by atoms with Crippen LogP contribution in [0.5, 0.6) is 0 Å². The van der Waals surface area contributed by atoms with Gasteiger partial charge in [-0.25, -0.2) is 10.3 Å². The Balaban J connectivity index is 1.91. The molecule has 4 amide bonds. The summed E-state index contributed by atoms with van der Waals surface area (Å²) in [4.78, 5) is 48.1. The van der Waals surface area contributed by atoms with Gasteiger partial charge in [0, 0.05) is 12.1 Å². The van der Waals surface area contributed by atoms with Crippen molar-refractivity contribution in [1.82, 2.24) is 21.4 Å². The van der Waals surface area contributed by atoms with Crippen molar-refractivity contribution in [2.75, 3.05) is 13.1 Å². The Morgan fingerprint density at radius 1 is 0.909 bits per heavy atom. The molecule has 10 heteroatoms. The molecule has 5 N–H and O–H groups in total. The van der Waals surface area contributed by atoms with E-state index in [-0.39, 0.29) is 6.54 Å². The lowest BCUT2D eigenvalue weighted by Gasteiger charge is -2.20. The monoisotopic (exact) mass is 456 g/mol. The van der Waals surface area contributed by atoms with Gasteiger partial charge in [-0.3, -0.25) is 19.6 Å². The maximum Gasteiger partial charge on any atom is 0.408 e. The van der Waals surface area contributed by atoms with Crippen molar-refractivity contribution >= 4 is 23.8 Å². The van der Waals surface area contributed by atoms with Gasteiger partial charge in [0.05, 0.1) is 6.54 Å². The summed E-state index contributed by atoms with van der Waals surface area (Å²) in [5, 5.41) is 16.1. The second-order valence-corrected chi connectivity index (χ2v) is 8.10. The molecule has 0 aromatic heterocycles. The van der Waals surface area contributed by atoms with Crippen LogP contribution in [0.2, 0.25) is 0 Å². The van der Waals surface area contributed by atoms with Crippen LogP contribution in [-0.4, -0.2) is 53.8 Å². The number of amides is 4. The SMILES string of the molecule is CC(C)(C)OC(=O)NCC(=O)NC[C@H](NC(=O)c1ccc(-c2ccccc2)cc1)C(=O)NO. The summed E-state index contributed by atoms with van der Waals surface area (Å²) in [6, 6.07) is 15.1. The normalized spacial score (nSPS) is 11.6. The van der Waals surface area contributed by atoms with Gasteiger partial charge in [-0.15, -0.1) is 0 Å². The summed E-state index contributed by atoms with van der Waals surface area (Å²) >= 11 is 0. The molecule has 0 aliphatic heterocycles. The van der Waals surface area contributed by atoms with Crippen LogP contribution in [0, 0.1) is 0 Å². The third kappa shape index (κ3) is 8.62. The number of carbonyl (C=O) groups is 4. The summed E-state index contributed by atoms with van der Waals surface area (Å²) in [7, 11) is 0. The molecule has 0 spiro atoms. The smallest absolute Gasteiger partial charge is 0.408 e. The highest BCUT2D eigenvalue weighted by Crippen LogP contribution is 2.19. The summed E-state index contributed by atoms with van der Waals surface area (Å²) in [5.74, 6) is -2.09. The molecule has 0 saturated heterocycles. The lowest BCUT2D eigenvalue weighted by atomic mass is 10.0. The number of carbonyl (C=O) groups excluding carboxylic acids is 4. The molecule has 0 aliphatic rings. The molecule has 10 nitrogen and oxygen atoms in total. The van der Waals surface area contributed by atoms with Crippen LogP contribution in [0.3, 0.4) is 0 Å². The van der Waals surface area contributed by atoms with E-state index in [0.717, 1.165) is 11.1 Å². The Hall–Kier alpha value is -3.92. The zero-order chi connectivity index (χ0) is 24.4. The van der Waals surface area contributed by atoms with Crippen LogP contribution in [0.15, 0.2) is 54.6 Å². The first-order valence-electron chi connectivity index (χ1n) is 10.2. The summed E-state index contributed by atoms with van der Waals surface area (Å²) in [6.45, 7) is 4.35. The van der Waals surface area contributed by atoms with Crippen LogP contribution in [0.4, 0.5) is 4.79 Å². The molecule has 176 valence electrons. The number of ether oxygens (including phenoxy) is 1. The number of benzene rings is 2. The van der Waals surface area contributed by atoms with E-state index >= 15 is 0 Å². The number of hydroxylamine groups is 1. The molecule has 0 aliphatic carbocycles. The maximum atomic E-state index is 12.6. The molecule has 33 heavy (non-hydrogen) atoms. The summed E-state index contributed by atoms with van der Waals surface area (Å²) < 4.78 is 5.02. The minimum atomic E-state index is -1.25. The van der Waals surface area contributed by atoms with Crippen LogP contribution in [0.25, 0.3) is 11.1 Å². The fraction of sp³-hybridized carbons (Fsp3) is 0.304. The lowest BCUT2D eigenvalue weighted by Crippen LogP contribution is -2.53. The predicted octanol–water partition coefficient (Wildman–Crippen LogP) is 1.60. The molecule has 2 aromatic rings. The molecule has 0 fully saturated rings. The van der Waals surface area contributed by atoms with Crippen LogP contribution in [-0.2, 0) is 14.3 Å². The lowest BCUT2D eigenvalue weighted by molar-refractivity contribution is -0.131. The molecular weight excluding hydrogens is 428 g/mol. The number of rotatable bonds is 8. The quantitative estimate of drug-likeness (QED) is 0.301. The first kappa shape index (κ1) is 25.3. The second-order valence-electron chi connectivity index (χ2n) is 8.10. The molecule has 1 atom stereocenters. The zero-order valence-corrected chi connectivity index (χ0v) is 18.7. The van der Waals surface area contributed by atoms with Crippen LogP contribution in [0.1, 0.15) is 31.1 Å². The van der Waals surface area contributed by atoms with Crippen molar-refractivity contribution in [3.8, 4) is 11.1 Å². The van der Waals surface area contributed by atoms with Crippen molar-refractivity contribution < 1.29 is 29.1 Å². The van der Waals surface area contributed by atoms with Crippen molar-refractivity contribution in [2.45, 2.75) is 32.4 Å². The largest absolute Gasteiger partial charge is 0.444 e. The van der Waals surface area contributed by atoms with Crippen molar-refractivity contribution in [3.05, 3.63) is 60.2 Å². The van der Waals surface area contributed by atoms with Gasteiger partial charge in [0.15, 0.2) is 0 Å². The second kappa shape index (κ2) is 11.6. The first-order chi connectivity index (χ1) is 15.6. The first-order valence-corrected chi connectivity index (χ1v) is 10.2. The number of alkyl carbamates (subject to hydrolysis) is 1.